The molecule has 0 atom stereocenters. The van der Waals surface area contributed by atoms with Crippen LogP contribution in [0, 0.1) is 0 Å². The van der Waals surface area contributed by atoms with E-state index in [1.54, 1.807) is 0 Å². The van der Waals surface area contributed by atoms with Gasteiger partial charge >= 0.3 is 11.9 Å². The Hall–Kier alpha value is -1.32. The number of carboxylic acids is 2. The van der Waals surface area contributed by atoms with Crippen LogP contribution >= 0.6 is 0 Å². The van der Waals surface area contributed by atoms with Crippen molar-refractivity contribution in [3.8, 4) is 0 Å². The zero-order valence-corrected chi connectivity index (χ0v) is 8.20. The van der Waals surface area contributed by atoms with Gasteiger partial charge in [-0.25, -0.2) is 0 Å². The zero-order chi connectivity index (χ0) is 10.9. The topological polar surface area (TPSA) is 74.6 Å². The average Bonchev–Trinajstić information content (AvgIpc) is 2.02. The molecule has 0 bridgehead atoms. The number of carboxylic acid groups (broad SMARTS) is 2. The highest BCUT2D eigenvalue weighted by Crippen LogP contribution is 1.86. The van der Waals surface area contributed by atoms with Crippen molar-refractivity contribution in [3.63, 3.8) is 0 Å². The van der Waals surface area contributed by atoms with Crippen LogP contribution in [0.25, 0.3) is 0 Å². The summed E-state index contributed by atoms with van der Waals surface area (Å²) in [7, 11) is 0. The van der Waals surface area contributed by atoms with E-state index in [-0.39, 0.29) is 12.8 Å². The fourth-order valence-electron chi connectivity index (χ4n) is 0.214. The van der Waals surface area contributed by atoms with Crippen molar-refractivity contribution in [2.75, 3.05) is 0 Å². The number of rotatable bonds is 3. The first-order valence-corrected chi connectivity index (χ1v) is 3.93. The fraction of sp³-hybridized carbons (Fsp3) is 0.556. The van der Waals surface area contributed by atoms with E-state index >= 15 is 0 Å². The Morgan fingerprint density at radius 3 is 1.38 bits per heavy atom. The van der Waals surface area contributed by atoms with E-state index in [1.807, 2.05) is 6.92 Å². The van der Waals surface area contributed by atoms with Gasteiger partial charge in [-0.3, -0.25) is 9.59 Å². The minimum absolute atomic E-state index is 0.296. The molecule has 0 saturated carbocycles. The number of hydrogen-bond donors (Lipinski definition) is 2. The Morgan fingerprint density at radius 2 is 1.31 bits per heavy atom. The second-order valence-electron chi connectivity index (χ2n) is 2.65. The summed E-state index contributed by atoms with van der Waals surface area (Å²) in [6.45, 7) is 6.20. The molecule has 0 radical (unpaired) electrons. The predicted octanol–water partition coefficient (Wildman–Crippen LogP) is 1.91. The van der Waals surface area contributed by atoms with Crippen molar-refractivity contribution in [2.24, 2.45) is 0 Å². The lowest BCUT2D eigenvalue weighted by molar-refractivity contribution is -0.143. The molecular formula is C9H16O4. The van der Waals surface area contributed by atoms with Gasteiger partial charge in [-0.1, -0.05) is 11.6 Å². The van der Waals surface area contributed by atoms with Crippen molar-refractivity contribution in [2.45, 2.75) is 33.6 Å². The molecule has 0 aromatic carbocycles. The summed E-state index contributed by atoms with van der Waals surface area (Å²) in [5, 5.41) is 15.8. The molecule has 0 heterocycles. The molecule has 0 aromatic rings. The van der Waals surface area contributed by atoms with Crippen LogP contribution < -0.4 is 0 Å². The van der Waals surface area contributed by atoms with Gasteiger partial charge in [0.05, 0.1) is 12.8 Å². The maximum absolute atomic E-state index is 9.64. The molecule has 76 valence electrons. The van der Waals surface area contributed by atoms with E-state index in [1.165, 1.54) is 5.57 Å². The normalized spacial score (nSPS) is 7.92. The lowest BCUT2D eigenvalue weighted by Crippen LogP contribution is -2.00. The quantitative estimate of drug-likeness (QED) is 0.663. The third-order valence-corrected chi connectivity index (χ3v) is 1.13. The predicted molar refractivity (Wildman–Crippen MR) is 49.6 cm³/mol. The van der Waals surface area contributed by atoms with Crippen LogP contribution in [0.1, 0.15) is 33.6 Å². The molecule has 2 N–H and O–H groups in total. The van der Waals surface area contributed by atoms with Gasteiger partial charge in [0.2, 0.25) is 0 Å². The van der Waals surface area contributed by atoms with Gasteiger partial charge < -0.3 is 10.2 Å². The monoisotopic (exact) mass is 188 g/mol. The summed E-state index contributed by atoms with van der Waals surface area (Å²) >= 11 is 0. The molecule has 0 aromatic heterocycles. The SMILES string of the molecule is CC=C(C)C.O=C(O)CCC(=O)O. The maximum atomic E-state index is 9.64. The Morgan fingerprint density at radius 1 is 1.08 bits per heavy atom. The third kappa shape index (κ3) is 24.9. The first-order chi connectivity index (χ1) is 5.90. The van der Waals surface area contributed by atoms with Gasteiger partial charge in [0, 0.05) is 0 Å². The van der Waals surface area contributed by atoms with Crippen molar-refractivity contribution in [3.05, 3.63) is 11.6 Å². The van der Waals surface area contributed by atoms with Crippen LogP contribution in [0.3, 0.4) is 0 Å². The lowest BCUT2D eigenvalue weighted by atomic mass is 10.3. The summed E-state index contributed by atoms with van der Waals surface area (Å²) in [5.74, 6) is -2.15. The van der Waals surface area contributed by atoms with E-state index in [2.05, 4.69) is 19.9 Å². The van der Waals surface area contributed by atoms with Crippen molar-refractivity contribution in [1.29, 1.82) is 0 Å². The fourth-order valence-corrected chi connectivity index (χ4v) is 0.214. The largest absolute Gasteiger partial charge is 0.481 e. The highest BCUT2D eigenvalue weighted by molar-refractivity contribution is 5.75. The van der Waals surface area contributed by atoms with E-state index in [4.69, 9.17) is 10.2 Å². The van der Waals surface area contributed by atoms with Crippen LogP contribution in [0.2, 0.25) is 0 Å². The van der Waals surface area contributed by atoms with Crippen LogP contribution in [-0.4, -0.2) is 22.2 Å². The molecule has 0 aliphatic heterocycles. The summed E-state index contributed by atoms with van der Waals surface area (Å²) in [4.78, 5) is 19.3. The first kappa shape index (κ1) is 14.2. The second-order valence-corrected chi connectivity index (χ2v) is 2.65. The number of allylic oxidation sites excluding steroid dienone is 2. The standard InChI is InChI=1S/C5H10.C4H6O4/c1-4-5(2)3;5-3(6)1-2-4(7)8/h4H,1-3H3;1-2H2,(H,5,6)(H,7,8). The number of carbonyl (C=O) groups is 2. The first-order valence-electron chi connectivity index (χ1n) is 3.93. The molecule has 4 nitrogen and oxygen atoms in total. The number of aliphatic carboxylic acids is 2. The minimum Gasteiger partial charge on any atom is -0.481 e. The van der Waals surface area contributed by atoms with Crippen LogP contribution in [-0.2, 0) is 9.59 Å². The molecular weight excluding hydrogens is 172 g/mol. The number of hydrogen-bond acceptors (Lipinski definition) is 2. The summed E-state index contributed by atoms with van der Waals surface area (Å²) in [6, 6.07) is 0. The van der Waals surface area contributed by atoms with E-state index in [0.717, 1.165) is 0 Å². The van der Waals surface area contributed by atoms with E-state index < -0.39 is 11.9 Å². The Balaban J connectivity index is 0. The van der Waals surface area contributed by atoms with Crippen molar-refractivity contribution in [1.82, 2.24) is 0 Å². The molecule has 0 aliphatic rings. The average molecular weight is 188 g/mol. The van der Waals surface area contributed by atoms with Crippen LogP contribution in [0.4, 0.5) is 0 Å². The van der Waals surface area contributed by atoms with Gasteiger partial charge in [-0.2, -0.15) is 0 Å². The molecule has 0 amide bonds. The summed E-state index contributed by atoms with van der Waals surface area (Å²) in [5.41, 5.74) is 1.38. The second kappa shape index (κ2) is 8.77. The van der Waals surface area contributed by atoms with Crippen LogP contribution in [0.15, 0.2) is 11.6 Å². The molecule has 0 aliphatic carbocycles. The maximum Gasteiger partial charge on any atom is 0.303 e. The molecule has 13 heavy (non-hydrogen) atoms. The van der Waals surface area contributed by atoms with Crippen LogP contribution in [0.5, 0.6) is 0 Å². The minimum atomic E-state index is -1.08. The molecule has 4 heteroatoms. The third-order valence-electron chi connectivity index (χ3n) is 1.13. The Labute approximate surface area is 77.9 Å². The molecule has 0 fully saturated rings. The molecule has 0 saturated heterocycles. The zero-order valence-electron chi connectivity index (χ0n) is 8.20. The van der Waals surface area contributed by atoms with E-state index in [0.29, 0.717) is 0 Å². The van der Waals surface area contributed by atoms with Gasteiger partial charge in [0.1, 0.15) is 0 Å². The smallest absolute Gasteiger partial charge is 0.303 e. The molecule has 0 spiro atoms. The van der Waals surface area contributed by atoms with Gasteiger partial charge in [0.15, 0.2) is 0 Å². The lowest BCUT2D eigenvalue weighted by Gasteiger charge is -1.85. The Kier molecular flexibility index (Phi) is 9.60. The highest BCUT2D eigenvalue weighted by atomic mass is 16.4. The van der Waals surface area contributed by atoms with E-state index in [9.17, 15) is 9.59 Å². The highest BCUT2D eigenvalue weighted by Gasteiger charge is 2.00. The Bertz CT molecular complexity index is 176. The summed E-state index contributed by atoms with van der Waals surface area (Å²) < 4.78 is 0. The summed E-state index contributed by atoms with van der Waals surface area (Å²) in [6.07, 6.45) is 1.49. The van der Waals surface area contributed by atoms with Gasteiger partial charge in [0.25, 0.3) is 0 Å². The van der Waals surface area contributed by atoms with Crippen molar-refractivity contribution < 1.29 is 19.8 Å². The van der Waals surface area contributed by atoms with Gasteiger partial charge in [-0.05, 0) is 20.8 Å². The van der Waals surface area contributed by atoms with Crippen molar-refractivity contribution >= 4 is 11.9 Å². The molecule has 0 rings (SSSR count). The molecule has 0 unspecified atom stereocenters. The van der Waals surface area contributed by atoms with Gasteiger partial charge in [-0.15, -0.1) is 0 Å².